The number of urea groups is 1. The Morgan fingerprint density at radius 2 is 2.00 bits per heavy atom. The molecular weight excluding hydrogens is 240 g/mol. The molecule has 102 valence electrons. The number of piperidine rings is 1. The lowest BCUT2D eigenvalue weighted by Gasteiger charge is -2.37. The van der Waals surface area contributed by atoms with E-state index in [1.165, 1.54) is 0 Å². The third kappa shape index (κ3) is 3.34. The molecule has 0 spiro atoms. The van der Waals surface area contributed by atoms with Crippen LogP contribution in [0.2, 0.25) is 0 Å². The van der Waals surface area contributed by atoms with Crippen LogP contribution in [-0.4, -0.2) is 29.3 Å². The van der Waals surface area contributed by atoms with Gasteiger partial charge in [-0.15, -0.1) is 0 Å². The molecule has 1 saturated heterocycles. The highest BCUT2D eigenvalue weighted by Crippen LogP contribution is 2.22. The van der Waals surface area contributed by atoms with E-state index in [0.717, 1.165) is 5.69 Å². The number of anilines is 1. The SMILES string of the molecule is CC(C)C1CC(=O)CCN1C(=O)Nc1ccccc1. The Morgan fingerprint density at radius 3 is 2.63 bits per heavy atom. The Morgan fingerprint density at radius 1 is 1.32 bits per heavy atom. The molecule has 1 atom stereocenters. The zero-order valence-corrected chi connectivity index (χ0v) is 11.4. The number of ketones is 1. The summed E-state index contributed by atoms with van der Waals surface area (Å²) < 4.78 is 0. The largest absolute Gasteiger partial charge is 0.322 e. The summed E-state index contributed by atoms with van der Waals surface area (Å²) in [7, 11) is 0. The van der Waals surface area contributed by atoms with Crippen LogP contribution >= 0.6 is 0 Å². The smallest absolute Gasteiger partial charge is 0.320 e. The van der Waals surface area contributed by atoms with Crippen molar-refractivity contribution >= 4 is 17.5 Å². The number of rotatable bonds is 2. The van der Waals surface area contributed by atoms with Crippen molar-refractivity contribution in [3.05, 3.63) is 30.3 Å². The van der Waals surface area contributed by atoms with Crippen LogP contribution in [0.4, 0.5) is 10.5 Å². The van der Waals surface area contributed by atoms with E-state index in [9.17, 15) is 9.59 Å². The van der Waals surface area contributed by atoms with Gasteiger partial charge in [0.05, 0.1) is 0 Å². The monoisotopic (exact) mass is 260 g/mol. The van der Waals surface area contributed by atoms with Crippen molar-refractivity contribution in [2.24, 2.45) is 5.92 Å². The molecule has 0 aliphatic carbocycles. The summed E-state index contributed by atoms with van der Waals surface area (Å²) in [5, 5.41) is 2.89. The van der Waals surface area contributed by atoms with Crippen molar-refractivity contribution < 1.29 is 9.59 Å². The molecule has 0 aromatic heterocycles. The zero-order valence-electron chi connectivity index (χ0n) is 11.4. The number of nitrogens with zero attached hydrogens (tertiary/aromatic N) is 1. The van der Waals surface area contributed by atoms with Crippen LogP contribution in [-0.2, 0) is 4.79 Å². The first-order chi connectivity index (χ1) is 9.08. The number of carbonyl (C=O) groups excluding carboxylic acids is 2. The molecule has 4 heteroatoms. The lowest BCUT2D eigenvalue weighted by molar-refractivity contribution is -0.122. The van der Waals surface area contributed by atoms with Gasteiger partial charge in [0.15, 0.2) is 0 Å². The number of hydrogen-bond acceptors (Lipinski definition) is 2. The number of nitrogens with one attached hydrogen (secondary N) is 1. The quantitative estimate of drug-likeness (QED) is 0.888. The average Bonchev–Trinajstić information content (AvgIpc) is 2.39. The van der Waals surface area contributed by atoms with E-state index in [1.54, 1.807) is 4.90 Å². The van der Waals surface area contributed by atoms with Gasteiger partial charge in [-0.05, 0) is 18.1 Å². The minimum Gasteiger partial charge on any atom is -0.320 e. The Balaban J connectivity index is 2.06. The maximum absolute atomic E-state index is 12.3. The van der Waals surface area contributed by atoms with E-state index in [1.807, 2.05) is 44.2 Å². The highest BCUT2D eigenvalue weighted by atomic mass is 16.2. The van der Waals surface area contributed by atoms with Crippen LogP contribution in [0.25, 0.3) is 0 Å². The molecule has 19 heavy (non-hydrogen) atoms. The summed E-state index contributed by atoms with van der Waals surface area (Å²) in [6.45, 7) is 4.61. The van der Waals surface area contributed by atoms with Gasteiger partial charge in [-0.1, -0.05) is 32.0 Å². The van der Waals surface area contributed by atoms with Crippen LogP contribution in [0.5, 0.6) is 0 Å². The molecule has 1 aliphatic rings. The molecule has 1 N–H and O–H groups in total. The van der Waals surface area contributed by atoms with Crippen molar-refractivity contribution in [3.8, 4) is 0 Å². The third-order valence-electron chi connectivity index (χ3n) is 3.52. The van der Waals surface area contributed by atoms with Gasteiger partial charge in [0, 0.05) is 31.1 Å². The Hall–Kier alpha value is -1.84. The summed E-state index contributed by atoms with van der Waals surface area (Å²) in [5.74, 6) is 0.535. The molecule has 0 radical (unpaired) electrons. The summed E-state index contributed by atoms with van der Waals surface area (Å²) in [6, 6.07) is 9.29. The summed E-state index contributed by atoms with van der Waals surface area (Å²) in [4.78, 5) is 25.6. The van der Waals surface area contributed by atoms with Crippen molar-refractivity contribution in [2.75, 3.05) is 11.9 Å². The van der Waals surface area contributed by atoms with Crippen LogP contribution in [0.3, 0.4) is 0 Å². The fourth-order valence-electron chi connectivity index (χ4n) is 2.42. The second-order valence-electron chi connectivity index (χ2n) is 5.29. The van der Waals surface area contributed by atoms with Crippen LogP contribution in [0.1, 0.15) is 26.7 Å². The minimum atomic E-state index is -0.114. The van der Waals surface area contributed by atoms with Gasteiger partial charge in [-0.2, -0.15) is 0 Å². The number of carbonyl (C=O) groups is 2. The van der Waals surface area contributed by atoms with Crippen molar-refractivity contribution in [3.63, 3.8) is 0 Å². The van der Waals surface area contributed by atoms with E-state index in [4.69, 9.17) is 0 Å². The first-order valence-corrected chi connectivity index (χ1v) is 6.72. The van der Waals surface area contributed by atoms with Gasteiger partial charge in [-0.25, -0.2) is 4.79 Å². The Bertz CT molecular complexity index is 456. The van der Waals surface area contributed by atoms with E-state index in [2.05, 4.69) is 5.32 Å². The highest BCUT2D eigenvalue weighted by molar-refractivity contribution is 5.91. The second kappa shape index (κ2) is 5.87. The Kier molecular flexibility index (Phi) is 4.20. The number of likely N-dealkylation sites (tertiary alicyclic amines) is 1. The molecule has 4 nitrogen and oxygen atoms in total. The van der Waals surface area contributed by atoms with E-state index >= 15 is 0 Å². The van der Waals surface area contributed by atoms with Crippen molar-refractivity contribution in [2.45, 2.75) is 32.7 Å². The molecular formula is C15H20N2O2. The highest BCUT2D eigenvalue weighted by Gasteiger charge is 2.32. The predicted octanol–water partition coefficient (Wildman–Crippen LogP) is 2.91. The number of benzene rings is 1. The van der Waals surface area contributed by atoms with Crippen molar-refractivity contribution in [1.29, 1.82) is 0 Å². The molecule has 1 unspecified atom stereocenters. The van der Waals surface area contributed by atoms with Gasteiger partial charge in [-0.3, -0.25) is 4.79 Å². The maximum atomic E-state index is 12.3. The van der Waals surface area contributed by atoms with Gasteiger partial charge < -0.3 is 10.2 Å². The lowest BCUT2D eigenvalue weighted by Crippen LogP contribution is -2.50. The number of Topliss-reactive ketones (excluding diaryl/α,β-unsaturated/α-hetero) is 1. The molecule has 1 aromatic carbocycles. The summed E-state index contributed by atoms with van der Waals surface area (Å²) in [5.41, 5.74) is 0.784. The van der Waals surface area contributed by atoms with Crippen LogP contribution < -0.4 is 5.32 Å². The molecule has 0 bridgehead atoms. The minimum absolute atomic E-state index is 0.00459. The molecule has 0 saturated carbocycles. The molecule has 1 heterocycles. The zero-order chi connectivity index (χ0) is 13.8. The van der Waals surface area contributed by atoms with Crippen molar-refractivity contribution in [1.82, 2.24) is 4.90 Å². The van der Waals surface area contributed by atoms with Gasteiger partial charge in [0.2, 0.25) is 0 Å². The molecule has 2 rings (SSSR count). The standard InChI is InChI=1S/C15H20N2O2/c1-11(2)14-10-13(18)8-9-17(14)15(19)16-12-6-4-3-5-7-12/h3-7,11,14H,8-10H2,1-2H3,(H,16,19). The van der Waals surface area contributed by atoms with Gasteiger partial charge in [0.25, 0.3) is 0 Å². The number of hydrogen-bond donors (Lipinski definition) is 1. The molecule has 2 amide bonds. The van der Waals surface area contributed by atoms with Crippen LogP contribution in [0.15, 0.2) is 30.3 Å². The molecule has 1 aromatic rings. The normalized spacial score (nSPS) is 19.6. The second-order valence-corrected chi connectivity index (χ2v) is 5.29. The van der Waals surface area contributed by atoms with Gasteiger partial charge >= 0.3 is 6.03 Å². The first-order valence-electron chi connectivity index (χ1n) is 6.72. The summed E-state index contributed by atoms with van der Waals surface area (Å²) >= 11 is 0. The molecule has 1 fully saturated rings. The lowest BCUT2D eigenvalue weighted by atomic mass is 9.92. The summed E-state index contributed by atoms with van der Waals surface area (Å²) in [6.07, 6.45) is 0.936. The van der Waals surface area contributed by atoms with E-state index in [0.29, 0.717) is 19.4 Å². The molecule has 1 aliphatic heterocycles. The average molecular weight is 260 g/mol. The van der Waals surface area contributed by atoms with E-state index in [-0.39, 0.29) is 23.8 Å². The maximum Gasteiger partial charge on any atom is 0.322 e. The van der Waals surface area contributed by atoms with Crippen LogP contribution in [0, 0.1) is 5.92 Å². The predicted molar refractivity (Wildman–Crippen MR) is 75.0 cm³/mol. The number of amides is 2. The number of para-hydroxylation sites is 1. The Labute approximate surface area is 113 Å². The fourth-order valence-corrected chi connectivity index (χ4v) is 2.42. The third-order valence-corrected chi connectivity index (χ3v) is 3.52. The van der Waals surface area contributed by atoms with E-state index < -0.39 is 0 Å². The van der Waals surface area contributed by atoms with Gasteiger partial charge in [0.1, 0.15) is 5.78 Å². The topological polar surface area (TPSA) is 49.4 Å². The first kappa shape index (κ1) is 13.6. The fraction of sp³-hybridized carbons (Fsp3) is 0.467.